The third-order valence-electron chi connectivity index (χ3n) is 4.84. The van der Waals surface area contributed by atoms with Gasteiger partial charge in [0.05, 0.1) is 30.8 Å². The molecule has 0 N–H and O–H groups in total. The fraction of sp³-hybridized carbons (Fsp3) is 0.600. The number of alkyl halides is 6. The van der Waals surface area contributed by atoms with E-state index < -0.39 is 23.5 Å². The molecule has 0 unspecified atom stereocenters. The van der Waals surface area contributed by atoms with Crippen LogP contribution < -0.4 is 0 Å². The first kappa shape index (κ1) is 16.6. The molecule has 3 heterocycles. The number of rotatable bonds is 2. The second-order valence-corrected chi connectivity index (χ2v) is 6.43. The molecule has 0 aromatic heterocycles. The van der Waals surface area contributed by atoms with Gasteiger partial charge >= 0.3 is 12.4 Å². The van der Waals surface area contributed by atoms with E-state index in [1.165, 1.54) is 0 Å². The molecule has 0 spiro atoms. The third-order valence-corrected chi connectivity index (χ3v) is 4.84. The molecule has 3 aliphatic rings. The van der Waals surface area contributed by atoms with Crippen molar-refractivity contribution >= 4 is 0 Å². The van der Waals surface area contributed by atoms with Crippen molar-refractivity contribution in [1.29, 1.82) is 0 Å². The Morgan fingerprint density at radius 1 is 0.783 bits per heavy atom. The first-order valence-electron chi connectivity index (χ1n) is 7.43. The van der Waals surface area contributed by atoms with Crippen LogP contribution in [0.2, 0.25) is 0 Å². The third kappa shape index (κ3) is 3.47. The quantitative estimate of drug-likeness (QED) is 0.590. The summed E-state index contributed by atoms with van der Waals surface area (Å²) in [6.07, 6.45) is -9.56. The molecule has 1 aromatic carbocycles. The molecule has 0 amide bonds. The number of piperazine rings is 3. The Hall–Kier alpha value is -1.28. The van der Waals surface area contributed by atoms with Crippen molar-refractivity contribution in [2.24, 2.45) is 0 Å². The minimum atomic E-state index is -4.78. The summed E-state index contributed by atoms with van der Waals surface area (Å²) in [6, 6.07) is 1.92. The molecule has 4 rings (SSSR count). The Balaban J connectivity index is 1.94. The highest BCUT2D eigenvalue weighted by molar-refractivity contribution is 5.33. The first-order chi connectivity index (χ1) is 10.6. The van der Waals surface area contributed by atoms with Gasteiger partial charge in [0.25, 0.3) is 0 Å². The molecule has 3 saturated heterocycles. The van der Waals surface area contributed by atoms with Crippen LogP contribution in [0.25, 0.3) is 0 Å². The van der Waals surface area contributed by atoms with Gasteiger partial charge in [-0.2, -0.15) is 26.3 Å². The zero-order chi connectivity index (χ0) is 16.9. The highest BCUT2D eigenvalue weighted by Crippen LogP contribution is 2.37. The van der Waals surface area contributed by atoms with Crippen molar-refractivity contribution < 1.29 is 30.8 Å². The Kier molecular flexibility index (Phi) is 3.87. The van der Waals surface area contributed by atoms with Crippen molar-refractivity contribution in [1.82, 2.24) is 4.90 Å². The van der Waals surface area contributed by atoms with Gasteiger partial charge in [-0.25, -0.2) is 0 Å². The van der Waals surface area contributed by atoms with Crippen molar-refractivity contribution in [2.75, 3.05) is 39.3 Å². The standard InChI is InChI=1S/C15H17F6N2/c16-14(17,18)12-7-11(8-13(9-12)15(19,20)21)10-23-4-1-22(2-5-23)3-6-23/h7-9H,1-6,10H2/q+1. The number of halogens is 6. The second-order valence-electron chi connectivity index (χ2n) is 6.43. The van der Waals surface area contributed by atoms with Crippen LogP contribution >= 0.6 is 0 Å². The van der Waals surface area contributed by atoms with Gasteiger partial charge in [0.2, 0.25) is 0 Å². The molecule has 0 aliphatic carbocycles. The smallest absolute Gasteiger partial charge is 0.317 e. The maximum atomic E-state index is 12.9. The van der Waals surface area contributed by atoms with Gasteiger partial charge in [0.1, 0.15) is 6.54 Å². The summed E-state index contributed by atoms with van der Waals surface area (Å²) in [6.45, 7) is 5.11. The first-order valence-corrected chi connectivity index (χ1v) is 7.43. The molecular weight excluding hydrogens is 322 g/mol. The normalized spacial score (nSPS) is 28.2. The van der Waals surface area contributed by atoms with Crippen LogP contribution in [0.4, 0.5) is 26.3 Å². The number of nitrogens with zero attached hydrogens (tertiary/aromatic N) is 2. The van der Waals surface area contributed by atoms with Crippen LogP contribution in [-0.4, -0.2) is 48.7 Å². The van der Waals surface area contributed by atoms with Gasteiger partial charge < -0.3 is 4.48 Å². The minimum Gasteiger partial charge on any atom is -0.317 e. The van der Waals surface area contributed by atoms with Gasteiger partial charge in [-0.15, -0.1) is 0 Å². The van der Waals surface area contributed by atoms with Gasteiger partial charge in [0.15, 0.2) is 0 Å². The summed E-state index contributed by atoms with van der Waals surface area (Å²) in [5.41, 5.74) is -2.34. The van der Waals surface area contributed by atoms with E-state index in [-0.39, 0.29) is 18.2 Å². The number of benzene rings is 1. The monoisotopic (exact) mass is 339 g/mol. The van der Waals surface area contributed by atoms with Crippen molar-refractivity contribution in [2.45, 2.75) is 18.9 Å². The molecule has 3 aliphatic heterocycles. The van der Waals surface area contributed by atoms with Gasteiger partial charge in [-0.1, -0.05) is 0 Å². The Bertz CT molecular complexity index is 539. The fourth-order valence-corrected chi connectivity index (χ4v) is 3.47. The molecule has 0 saturated carbocycles. The van der Waals surface area contributed by atoms with E-state index in [2.05, 4.69) is 4.90 Å². The molecule has 8 heteroatoms. The van der Waals surface area contributed by atoms with Crippen LogP contribution in [0.1, 0.15) is 16.7 Å². The molecule has 0 radical (unpaired) electrons. The average Bonchev–Trinajstić information content (AvgIpc) is 2.46. The molecule has 1 aromatic rings. The zero-order valence-corrected chi connectivity index (χ0v) is 12.3. The van der Waals surface area contributed by atoms with Crippen LogP contribution in [0.15, 0.2) is 18.2 Å². The van der Waals surface area contributed by atoms with Gasteiger partial charge in [-0.05, 0) is 18.2 Å². The largest absolute Gasteiger partial charge is 0.416 e. The summed E-state index contributed by atoms with van der Waals surface area (Å²) < 4.78 is 78.1. The fourth-order valence-electron chi connectivity index (χ4n) is 3.47. The van der Waals surface area contributed by atoms with Crippen LogP contribution in [-0.2, 0) is 18.9 Å². The lowest BCUT2D eigenvalue weighted by molar-refractivity contribution is -0.953. The maximum absolute atomic E-state index is 12.9. The van der Waals surface area contributed by atoms with E-state index in [4.69, 9.17) is 0 Å². The Morgan fingerprint density at radius 2 is 1.22 bits per heavy atom. The molecule has 2 nitrogen and oxygen atoms in total. The lowest BCUT2D eigenvalue weighted by Crippen LogP contribution is -2.66. The van der Waals surface area contributed by atoms with Crippen LogP contribution in [0.5, 0.6) is 0 Å². The van der Waals surface area contributed by atoms with E-state index in [0.29, 0.717) is 4.48 Å². The number of hydrogen-bond acceptors (Lipinski definition) is 1. The molecular formula is C15H17F6N2+. The average molecular weight is 339 g/mol. The van der Waals surface area contributed by atoms with Gasteiger partial charge in [0, 0.05) is 25.2 Å². The molecule has 3 fully saturated rings. The summed E-state index contributed by atoms with van der Waals surface area (Å²) >= 11 is 0. The number of quaternary nitrogens is 1. The molecule has 128 valence electrons. The SMILES string of the molecule is FC(F)(F)c1cc(C[N+]23CCN(CC2)CC3)cc(C(F)(F)F)c1. The van der Waals surface area contributed by atoms with E-state index >= 15 is 0 Å². The summed E-state index contributed by atoms with van der Waals surface area (Å²) in [7, 11) is 0. The predicted molar refractivity (Wildman–Crippen MR) is 71.5 cm³/mol. The van der Waals surface area contributed by atoms with E-state index in [9.17, 15) is 26.3 Å². The Labute approximate surface area is 129 Å². The lowest BCUT2D eigenvalue weighted by Gasteiger charge is -2.50. The van der Waals surface area contributed by atoms with Gasteiger partial charge in [-0.3, -0.25) is 4.90 Å². The number of fused-ring (bicyclic) bond motifs is 3. The summed E-state index contributed by atoms with van der Waals surface area (Å²) in [5, 5.41) is 0. The molecule has 23 heavy (non-hydrogen) atoms. The zero-order valence-electron chi connectivity index (χ0n) is 12.3. The predicted octanol–water partition coefficient (Wildman–Crippen LogP) is 3.37. The van der Waals surface area contributed by atoms with Crippen LogP contribution in [0, 0.1) is 0 Å². The summed E-state index contributed by atoms with van der Waals surface area (Å²) in [5.74, 6) is 0. The van der Waals surface area contributed by atoms with Crippen LogP contribution in [0.3, 0.4) is 0 Å². The second kappa shape index (κ2) is 5.37. The van der Waals surface area contributed by atoms with Crippen molar-refractivity contribution in [3.8, 4) is 0 Å². The minimum absolute atomic E-state index is 0.113. The van der Waals surface area contributed by atoms with Crippen molar-refractivity contribution in [3.05, 3.63) is 34.9 Å². The van der Waals surface area contributed by atoms with E-state index in [0.717, 1.165) is 51.4 Å². The number of hydrogen-bond donors (Lipinski definition) is 0. The lowest BCUT2D eigenvalue weighted by atomic mass is 10.0. The van der Waals surface area contributed by atoms with Crippen molar-refractivity contribution in [3.63, 3.8) is 0 Å². The topological polar surface area (TPSA) is 3.24 Å². The van der Waals surface area contributed by atoms with E-state index in [1.54, 1.807) is 0 Å². The Morgan fingerprint density at radius 3 is 1.61 bits per heavy atom. The highest BCUT2D eigenvalue weighted by atomic mass is 19.4. The molecule has 0 atom stereocenters. The molecule has 2 bridgehead atoms. The highest BCUT2D eigenvalue weighted by Gasteiger charge is 2.41. The maximum Gasteiger partial charge on any atom is 0.416 e. The summed E-state index contributed by atoms with van der Waals surface area (Å²) in [4.78, 5) is 2.27. The van der Waals surface area contributed by atoms with E-state index in [1.807, 2.05) is 0 Å².